The Bertz CT molecular complexity index is 1260. The molecule has 0 heterocycles. The van der Waals surface area contributed by atoms with Crippen molar-refractivity contribution in [3.05, 3.63) is 90.2 Å². The average molecular weight is 459 g/mol. The standard InChI is InChI=1S/C19H13F4NO4S2/c20-14-10-12-16(13-11-14)29(25,26)24(15-6-2-1-3-7-15)30(27,28)18-9-5-4-8-17(18)19(21,22)23/h1-13H. The molecule has 0 N–H and O–H groups in total. The number of benzene rings is 3. The monoisotopic (exact) mass is 459 g/mol. The Hall–Kier alpha value is -2.92. The summed E-state index contributed by atoms with van der Waals surface area (Å²) in [6.07, 6.45) is -5.05. The summed E-state index contributed by atoms with van der Waals surface area (Å²) >= 11 is 0. The van der Waals surface area contributed by atoms with E-state index in [2.05, 4.69) is 0 Å². The predicted molar refractivity (Wildman–Crippen MR) is 101 cm³/mol. The number of hydrogen-bond acceptors (Lipinski definition) is 4. The van der Waals surface area contributed by atoms with Gasteiger partial charge in [0.1, 0.15) is 10.7 Å². The van der Waals surface area contributed by atoms with Crippen LogP contribution in [0.1, 0.15) is 5.56 Å². The third-order valence-electron chi connectivity index (χ3n) is 3.99. The lowest BCUT2D eigenvalue weighted by molar-refractivity contribution is -0.139. The zero-order valence-electron chi connectivity index (χ0n) is 14.9. The zero-order valence-corrected chi connectivity index (χ0v) is 16.5. The maximum atomic E-state index is 13.4. The van der Waals surface area contributed by atoms with Gasteiger partial charge in [-0.05, 0) is 48.5 Å². The van der Waals surface area contributed by atoms with Crippen molar-refractivity contribution >= 4 is 25.7 Å². The van der Waals surface area contributed by atoms with Gasteiger partial charge >= 0.3 is 6.18 Å². The highest BCUT2D eigenvalue weighted by Gasteiger charge is 2.43. The van der Waals surface area contributed by atoms with E-state index in [1.807, 2.05) is 0 Å². The smallest absolute Gasteiger partial charge is 0.207 e. The van der Waals surface area contributed by atoms with Crippen molar-refractivity contribution in [2.45, 2.75) is 16.0 Å². The topological polar surface area (TPSA) is 71.5 Å². The molecule has 3 aromatic carbocycles. The molecule has 0 unspecified atom stereocenters. The Morgan fingerprint density at radius 3 is 1.77 bits per heavy atom. The molecule has 0 spiro atoms. The molecule has 0 radical (unpaired) electrons. The maximum absolute atomic E-state index is 13.4. The van der Waals surface area contributed by atoms with Crippen LogP contribution in [0.25, 0.3) is 0 Å². The van der Waals surface area contributed by atoms with E-state index in [0.717, 1.165) is 48.5 Å². The third-order valence-corrected chi connectivity index (χ3v) is 8.24. The molecule has 30 heavy (non-hydrogen) atoms. The molecule has 0 saturated heterocycles. The van der Waals surface area contributed by atoms with E-state index < -0.39 is 53.1 Å². The molecule has 158 valence electrons. The summed E-state index contributed by atoms with van der Waals surface area (Å²) in [5.41, 5.74) is -1.92. The van der Waals surface area contributed by atoms with Crippen LogP contribution in [-0.2, 0) is 26.2 Å². The number of alkyl halides is 3. The largest absolute Gasteiger partial charge is 0.417 e. The Labute approximate surface area is 170 Å². The number of hydrogen-bond donors (Lipinski definition) is 0. The summed E-state index contributed by atoms with van der Waals surface area (Å²) in [6, 6.07) is 12.9. The lowest BCUT2D eigenvalue weighted by Gasteiger charge is -2.25. The van der Waals surface area contributed by atoms with Crippen LogP contribution in [0.3, 0.4) is 0 Å². The normalized spacial score (nSPS) is 12.5. The van der Waals surface area contributed by atoms with Gasteiger partial charge in [-0.2, -0.15) is 25.3 Å². The second-order valence-electron chi connectivity index (χ2n) is 5.99. The van der Waals surface area contributed by atoms with Gasteiger partial charge in [-0.15, -0.1) is 0 Å². The first kappa shape index (κ1) is 21.8. The van der Waals surface area contributed by atoms with Crippen molar-refractivity contribution in [3.8, 4) is 0 Å². The molecule has 0 aromatic heterocycles. The quantitative estimate of drug-likeness (QED) is 0.530. The Kier molecular flexibility index (Phi) is 5.61. The molecule has 0 amide bonds. The van der Waals surface area contributed by atoms with Crippen LogP contribution < -0.4 is 3.71 Å². The fourth-order valence-electron chi connectivity index (χ4n) is 2.67. The summed E-state index contributed by atoms with van der Waals surface area (Å²) in [4.78, 5) is -1.84. The van der Waals surface area contributed by atoms with Gasteiger partial charge in [-0.1, -0.05) is 30.3 Å². The van der Waals surface area contributed by atoms with Crippen molar-refractivity contribution in [2.75, 3.05) is 3.71 Å². The molecule has 0 aliphatic carbocycles. The lowest BCUT2D eigenvalue weighted by Crippen LogP contribution is -2.38. The van der Waals surface area contributed by atoms with Crippen LogP contribution in [0.2, 0.25) is 0 Å². The van der Waals surface area contributed by atoms with Crippen LogP contribution in [0, 0.1) is 5.82 Å². The Morgan fingerprint density at radius 2 is 1.20 bits per heavy atom. The number of rotatable bonds is 5. The van der Waals surface area contributed by atoms with Crippen molar-refractivity contribution in [1.29, 1.82) is 0 Å². The first-order valence-electron chi connectivity index (χ1n) is 8.23. The average Bonchev–Trinajstić information content (AvgIpc) is 2.68. The van der Waals surface area contributed by atoms with Crippen molar-refractivity contribution < 1.29 is 34.4 Å². The van der Waals surface area contributed by atoms with Crippen LogP contribution in [0.4, 0.5) is 23.2 Å². The molecular weight excluding hydrogens is 446 g/mol. The summed E-state index contributed by atoms with van der Waals surface area (Å²) < 4.78 is 106. The number of nitrogens with zero attached hydrogens (tertiary/aromatic N) is 1. The van der Waals surface area contributed by atoms with E-state index in [4.69, 9.17) is 0 Å². The molecule has 0 aliphatic heterocycles. The first-order chi connectivity index (χ1) is 14.0. The van der Waals surface area contributed by atoms with E-state index in [-0.39, 0.29) is 3.71 Å². The molecule has 0 saturated carbocycles. The highest BCUT2D eigenvalue weighted by molar-refractivity contribution is 8.10. The zero-order chi connectivity index (χ0) is 22.2. The summed E-state index contributed by atoms with van der Waals surface area (Å²) in [5, 5.41) is 0. The molecule has 0 fully saturated rings. The summed E-state index contributed by atoms with van der Waals surface area (Å²) in [5.74, 6) is -0.773. The summed E-state index contributed by atoms with van der Waals surface area (Å²) in [7, 11) is -10.2. The molecule has 5 nitrogen and oxygen atoms in total. The summed E-state index contributed by atoms with van der Waals surface area (Å²) in [6.45, 7) is 0. The number of anilines is 1. The Balaban J connectivity index is 2.31. The van der Waals surface area contributed by atoms with Crippen LogP contribution in [-0.4, -0.2) is 16.8 Å². The van der Waals surface area contributed by atoms with Gasteiger partial charge in [-0.3, -0.25) is 0 Å². The third kappa shape index (κ3) is 4.03. The van der Waals surface area contributed by atoms with Crippen LogP contribution in [0.5, 0.6) is 0 Å². The SMILES string of the molecule is O=S(=O)(c1ccc(F)cc1)N(c1ccccc1)S(=O)(=O)c1ccccc1C(F)(F)F. The van der Waals surface area contributed by atoms with Crippen molar-refractivity contribution in [2.24, 2.45) is 0 Å². The minimum absolute atomic E-state index is 0.0855. The van der Waals surface area contributed by atoms with Gasteiger partial charge in [0.15, 0.2) is 0 Å². The van der Waals surface area contributed by atoms with Crippen LogP contribution in [0.15, 0.2) is 88.7 Å². The highest BCUT2D eigenvalue weighted by atomic mass is 32.3. The fraction of sp³-hybridized carbons (Fsp3) is 0.0526. The first-order valence-corrected chi connectivity index (χ1v) is 11.1. The number of para-hydroxylation sites is 1. The highest BCUT2D eigenvalue weighted by Crippen LogP contribution is 2.38. The van der Waals surface area contributed by atoms with Gasteiger partial charge in [0.25, 0.3) is 20.0 Å². The van der Waals surface area contributed by atoms with E-state index >= 15 is 0 Å². The minimum atomic E-state index is -5.25. The maximum Gasteiger partial charge on any atom is 0.417 e. The van der Waals surface area contributed by atoms with E-state index in [0.29, 0.717) is 12.1 Å². The Morgan fingerprint density at radius 1 is 0.667 bits per heavy atom. The van der Waals surface area contributed by atoms with Gasteiger partial charge in [0.05, 0.1) is 16.1 Å². The molecule has 0 bridgehead atoms. The van der Waals surface area contributed by atoms with E-state index in [9.17, 15) is 34.4 Å². The van der Waals surface area contributed by atoms with Crippen LogP contribution >= 0.6 is 0 Å². The van der Waals surface area contributed by atoms with Gasteiger partial charge in [-0.25, -0.2) is 12.8 Å². The van der Waals surface area contributed by atoms with Crippen molar-refractivity contribution in [3.63, 3.8) is 0 Å². The second kappa shape index (κ2) is 7.73. The fourth-order valence-corrected chi connectivity index (χ4v) is 6.57. The van der Waals surface area contributed by atoms with Gasteiger partial charge < -0.3 is 0 Å². The van der Waals surface area contributed by atoms with Gasteiger partial charge in [0, 0.05) is 0 Å². The number of sulfonamides is 2. The molecule has 0 atom stereocenters. The second-order valence-corrected chi connectivity index (χ2v) is 9.76. The molecular formula is C19H13F4NO4S2. The molecule has 3 aromatic rings. The molecule has 3 rings (SSSR count). The van der Waals surface area contributed by atoms with E-state index in [1.54, 1.807) is 0 Å². The van der Waals surface area contributed by atoms with Crippen molar-refractivity contribution in [1.82, 2.24) is 0 Å². The van der Waals surface area contributed by atoms with Gasteiger partial charge in [0.2, 0.25) is 0 Å². The van der Waals surface area contributed by atoms with E-state index in [1.165, 1.54) is 18.2 Å². The molecule has 0 aliphatic rings. The lowest BCUT2D eigenvalue weighted by atomic mass is 10.2. The molecule has 11 heteroatoms. The number of halogens is 4. The minimum Gasteiger partial charge on any atom is -0.207 e. The predicted octanol–water partition coefficient (Wildman–Crippen LogP) is 4.43.